The highest BCUT2D eigenvalue weighted by Gasteiger charge is 2.07. The number of carbonyl (C=O) groups excluding carboxylic acids is 1. The van der Waals surface area contributed by atoms with Gasteiger partial charge < -0.3 is 10.6 Å². The molecule has 0 radical (unpaired) electrons. The van der Waals surface area contributed by atoms with Crippen LogP contribution in [0.2, 0.25) is 0 Å². The number of anilines is 2. The number of amides is 2. The van der Waals surface area contributed by atoms with Crippen molar-refractivity contribution in [2.75, 3.05) is 10.6 Å². The average Bonchev–Trinajstić information content (AvgIpc) is 2.55. The molecule has 0 atom stereocenters. The minimum Gasteiger partial charge on any atom is -0.308 e. The van der Waals surface area contributed by atoms with Crippen LogP contribution in [0.1, 0.15) is 0 Å². The summed E-state index contributed by atoms with van der Waals surface area (Å²) in [4.78, 5) is 26.3. The summed E-state index contributed by atoms with van der Waals surface area (Å²) in [5, 5.41) is 16.8. The van der Waals surface area contributed by atoms with Crippen LogP contribution in [0.3, 0.4) is 0 Å². The monoisotopic (exact) mass is 308 g/mol. The fourth-order valence-electron chi connectivity index (χ4n) is 2.11. The van der Waals surface area contributed by atoms with Gasteiger partial charge in [-0.1, -0.05) is 6.07 Å². The zero-order valence-corrected chi connectivity index (χ0v) is 11.9. The van der Waals surface area contributed by atoms with Crippen molar-refractivity contribution in [3.05, 3.63) is 70.9 Å². The Balaban J connectivity index is 1.69. The minimum atomic E-state index is -0.493. The Hall–Kier alpha value is -3.48. The summed E-state index contributed by atoms with van der Waals surface area (Å²) in [7, 11) is 0. The lowest BCUT2D eigenvalue weighted by Gasteiger charge is -2.08. The number of fused-ring (bicyclic) bond motifs is 1. The molecule has 0 saturated carbocycles. The summed E-state index contributed by atoms with van der Waals surface area (Å²) < 4.78 is 0. The first-order valence-electron chi connectivity index (χ1n) is 6.79. The topological polar surface area (TPSA) is 97.2 Å². The smallest absolute Gasteiger partial charge is 0.308 e. The first-order valence-corrected chi connectivity index (χ1v) is 6.79. The molecule has 2 aromatic carbocycles. The lowest BCUT2D eigenvalue weighted by Crippen LogP contribution is -2.19. The predicted octanol–water partition coefficient (Wildman–Crippen LogP) is 3.79. The second-order valence-electron chi connectivity index (χ2n) is 4.79. The van der Waals surface area contributed by atoms with Gasteiger partial charge in [-0.25, -0.2) is 4.79 Å². The Morgan fingerprint density at radius 2 is 1.70 bits per heavy atom. The van der Waals surface area contributed by atoms with Gasteiger partial charge in [0.25, 0.3) is 5.69 Å². The van der Waals surface area contributed by atoms with Crippen molar-refractivity contribution in [1.82, 2.24) is 4.98 Å². The van der Waals surface area contributed by atoms with Gasteiger partial charge in [0.1, 0.15) is 0 Å². The molecule has 1 aromatic heterocycles. The Morgan fingerprint density at radius 3 is 2.43 bits per heavy atom. The molecule has 23 heavy (non-hydrogen) atoms. The summed E-state index contributed by atoms with van der Waals surface area (Å²) in [5.74, 6) is 0. The van der Waals surface area contributed by atoms with Gasteiger partial charge in [-0.05, 0) is 36.4 Å². The van der Waals surface area contributed by atoms with Gasteiger partial charge in [-0.3, -0.25) is 15.1 Å². The number of hydrogen-bond donors (Lipinski definition) is 2. The molecule has 2 N–H and O–H groups in total. The van der Waals surface area contributed by atoms with Crippen LogP contribution in [0.25, 0.3) is 10.9 Å². The van der Waals surface area contributed by atoms with Crippen LogP contribution < -0.4 is 10.6 Å². The standard InChI is InChI=1S/C16H12N4O3/c21-16(18-12-3-6-14(7-4-12)20(22)23)19-13-5-8-15-11(10-13)2-1-9-17-15/h1-10H,(H2,18,19,21). The summed E-state index contributed by atoms with van der Waals surface area (Å²) in [6, 6.07) is 14.3. The number of carbonyl (C=O) groups is 1. The summed E-state index contributed by atoms with van der Waals surface area (Å²) in [6.07, 6.45) is 1.71. The molecule has 0 aliphatic heterocycles. The summed E-state index contributed by atoms with van der Waals surface area (Å²) in [5.41, 5.74) is 1.91. The number of pyridine rings is 1. The SMILES string of the molecule is O=C(Nc1ccc([N+](=O)[O-])cc1)Nc1ccc2ncccc2c1. The van der Waals surface area contributed by atoms with Crippen LogP contribution in [-0.4, -0.2) is 15.9 Å². The number of urea groups is 1. The van der Waals surface area contributed by atoms with Crippen LogP contribution in [0.15, 0.2) is 60.8 Å². The van der Waals surface area contributed by atoms with Crippen molar-refractivity contribution in [1.29, 1.82) is 0 Å². The largest absolute Gasteiger partial charge is 0.323 e. The molecule has 0 bridgehead atoms. The Labute approximate surface area is 131 Å². The fourth-order valence-corrected chi connectivity index (χ4v) is 2.11. The van der Waals surface area contributed by atoms with Gasteiger partial charge in [-0.2, -0.15) is 0 Å². The minimum absolute atomic E-state index is 0.0296. The van der Waals surface area contributed by atoms with E-state index in [1.54, 1.807) is 12.3 Å². The fraction of sp³-hybridized carbons (Fsp3) is 0. The van der Waals surface area contributed by atoms with Gasteiger partial charge in [0.05, 0.1) is 10.4 Å². The Morgan fingerprint density at radius 1 is 1.00 bits per heavy atom. The molecule has 0 aliphatic carbocycles. The lowest BCUT2D eigenvalue weighted by atomic mass is 10.2. The third-order valence-corrected chi connectivity index (χ3v) is 3.20. The van der Waals surface area contributed by atoms with E-state index in [9.17, 15) is 14.9 Å². The molecule has 7 nitrogen and oxygen atoms in total. The maximum Gasteiger partial charge on any atom is 0.323 e. The molecule has 3 rings (SSSR count). The van der Waals surface area contributed by atoms with E-state index in [-0.39, 0.29) is 5.69 Å². The summed E-state index contributed by atoms with van der Waals surface area (Å²) >= 11 is 0. The van der Waals surface area contributed by atoms with Crippen molar-refractivity contribution in [2.45, 2.75) is 0 Å². The summed E-state index contributed by atoms with van der Waals surface area (Å²) in [6.45, 7) is 0. The number of hydrogen-bond acceptors (Lipinski definition) is 4. The van der Waals surface area contributed by atoms with Gasteiger partial charge in [-0.15, -0.1) is 0 Å². The van der Waals surface area contributed by atoms with Crippen LogP contribution in [0, 0.1) is 10.1 Å². The number of nitrogens with one attached hydrogen (secondary N) is 2. The van der Waals surface area contributed by atoms with E-state index in [1.807, 2.05) is 24.3 Å². The van der Waals surface area contributed by atoms with Gasteiger partial charge in [0.15, 0.2) is 0 Å². The van der Waals surface area contributed by atoms with E-state index in [4.69, 9.17) is 0 Å². The van der Waals surface area contributed by atoms with Crippen molar-refractivity contribution in [2.24, 2.45) is 0 Å². The van der Waals surface area contributed by atoms with Crippen LogP contribution in [0.5, 0.6) is 0 Å². The molecule has 0 aliphatic rings. The second kappa shape index (κ2) is 6.10. The van der Waals surface area contributed by atoms with E-state index in [2.05, 4.69) is 15.6 Å². The predicted molar refractivity (Wildman–Crippen MR) is 87.5 cm³/mol. The highest BCUT2D eigenvalue weighted by atomic mass is 16.6. The molecule has 0 fully saturated rings. The van der Waals surface area contributed by atoms with Crippen molar-refractivity contribution >= 4 is 34.0 Å². The van der Waals surface area contributed by atoms with E-state index in [0.717, 1.165) is 10.9 Å². The zero-order valence-electron chi connectivity index (χ0n) is 11.9. The number of rotatable bonds is 3. The van der Waals surface area contributed by atoms with E-state index >= 15 is 0 Å². The zero-order chi connectivity index (χ0) is 16.2. The van der Waals surface area contributed by atoms with Crippen LogP contribution >= 0.6 is 0 Å². The van der Waals surface area contributed by atoms with Gasteiger partial charge >= 0.3 is 6.03 Å². The third kappa shape index (κ3) is 3.41. The average molecular weight is 308 g/mol. The molecule has 114 valence electrons. The quantitative estimate of drug-likeness (QED) is 0.568. The number of nitrogens with zero attached hydrogens (tertiary/aromatic N) is 2. The molecule has 2 amide bonds. The maximum atomic E-state index is 12.0. The third-order valence-electron chi connectivity index (χ3n) is 3.20. The molecule has 1 heterocycles. The number of nitro groups is 1. The molecule has 0 unspecified atom stereocenters. The molecular formula is C16H12N4O3. The first-order chi connectivity index (χ1) is 11.1. The highest BCUT2D eigenvalue weighted by Crippen LogP contribution is 2.18. The Bertz CT molecular complexity index is 878. The Kier molecular flexibility index (Phi) is 3.84. The maximum absolute atomic E-state index is 12.0. The number of benzene rings is 2. The number of aromatic nitrogens is 1. The van der Waals surface area contributed by atoms with Crippen molar-refractivity contribution in [3.63, 3.8) is 0 Å². The van der Waals surface area contributed by atoms with Crippen molar-refractivity contribution in [3.8, 4) is 0 Å². The van der Waals surface area contributed by atoms with Crippen LogP contribution in [0.4, 0.5) is 21.9 Å². The van der Waals surface area contributed by atoms with E-state index < -0.39 is 11.0 Å². The lowest BCUT2D eigenvalue weighted by molar-refractivity contribution is -0.384. The molecule has 0 spiro atoms. The van der Waals surface area contributed by atoms with Crippen LogP contribution in [-0.2, 0) is 0 Å². The number of non-ortho nitro benzene ring substituents is 1. The molecular weight excluding hydrogens is 296 g/mol. The van der Waals surface area contributed by atoms with Crippen molar-refractivity contribution < 1.29 is 9.72 Å². The molecule has 3 aromatic rings. The van der Waals surface area contributed by atoms with Gasteiger partial charge in [0.2, 0.25) is 0 Å². The highest BCUT2D eigenvalue weighted by molar-refractivity contribution is 6.00. The second-order valence-corrected chi connectivity index (χ2v) is 4.79. The van der Waals surface area contributed by atoms with E-state index in [0.29, 0.717) is 11.4 Å². The van der Waals surface area contributed by atoms with Gasteiger partial charge in [0, 0.05) is 35.1 Å². The number of nitro benzene ring substituents is 1. The molecule has 7 heteroatoms. The van der Waals surface area contributed by atoms with E-state index in [1.165, 1.54) is 24.3 Å². The first kappa shape index (κ1) is 14.5. The normalized spacial score (nSPS) is 10.3. The molecule has 0 saturated heterocycles.